The molecule has 76 valence electrons. The molecule has 0 bridgehead atoms. The lowest BCUT2D eigenvalue weighted by atomic mass is 9.81. The first-order valence-corrected chi connectivity index (χ1v) is 4.40. The van der Waals surface area contributed by atoms with E-state index in [0.29, 0.717) is 0 Å². The number of rotatable bonds is 2. The van der Waals surface area contributed by atoms with E-state index in [9.17, 15) is 0 Å². The van der Waals surface area contributed by atoms with Crippen molar-refractivity contribution in [3.05, 3.63) is 18.3 Å². The molecule has 0 aromatic carbocycles. The lowest BCUT2D eigenvalue weighted by Crippen LogP contribution is -2.35. The predicted molar refractivity (Wildman–Crippen MR) is 54.4 cm³/mol. The second kappa shape index (κ2) is 3.98. The number of nitrogens with zero attached hydrogens (tertiary/aromatic N) is 1. The Morgan fingerprint density at radius 3 is 2.50 bits per heavy atom. The molecule has 1 aromatic rings. The zero-order valence-electron chi connectivity index (χ0n) is 8.56. The highest BCUT2D eigenvalue weighted by molar-refractivity contribution is 6.59. The average molecular weight is 195 g/mol. The van der Waals surface area contributed by atoms with Gasteiger partial charge in [-0.1, -0.05) is 6.07 Å². The van der Waals surface area contributed by atoms with Gasteiger partial charge in [-0.3, -0.25) is 0 Å². The third-order valence-corrected chi connectivity index (χ3v) is 1.48. The first-order chi connectivity index (χ1) is 6.40. The summed E-state index contributed by atoms with van der Waals surface area (Å²) in [5.74, 6) is 0.259. The summed E-state index contributed by atoms with van der Waals surface area (Å²) in [6.07, 6.45) is 1.55. The molecule has 1 heterocycles. The van der Waals surface area contributed by atoms with E-state index in [-0.39, 0.29) is 11.3 Å². The molecule has 0 aliphatic carbocycles. The van der Waals surface area contributed by atoms with Crippen LogP contribution in [-0.2, 0) is 0 Å². The summed E-state index contributed by atoms with van der Waals surface area (Å²) >= 11 is 0. The minimum atomic E-state index is -1.55. The van der Waals surface area contributed by atoms with Gasteiger partial charge in [-0.15, -0.1) is 0 Å². The molecule has 1 rings (SSSR count). The Morgan fingerprint density at radius 1 is 1.36 bits per heavy atom. The van der Waals surface area contributed by atoms with E-state index in [0.717, 1.165) is 0 Å². The summed E-state index contributed by atoms with van der Waals surface area (Å²) in [4.78, 5) is 3.94. The molecule has 2 N–H and O–H groups in total. The van der Waals surface area contributed by atoms with Crippen LogP contribution in [0, 0.1) is 0 Å². The molecular weight excluding hydrogens is 181 g/mol. The van der Waals surface area contributed by atoms with Crippen LogP contribution in [0.3, 0.4) is 0 Å². The maximum atomic E-state index is 9.04. The smallest absolute Gasteiger partial charge is 0.472 e. The SMILES string of the molecule is CC(C)(C)Oc1ncccc1B(O)O. The number of ether oxygens (including phenoxy) is 1. The van der Waals surface area contributed by atoms with Crippen LogP contribution in [0.25, 0.3) is 0 Å². The van der Waals surface area contributed by atoms with Gasteiger partial charge >= 0.3 is 7.12 Å². The van der Waals surface area contributed by atoms with Crippen LogP contribution in [0.5, 0.6) is 5.88 Å². The Labute approximate surface area is 83.7 Å². The van der Waals surface area contributed by atoms with Crippen molar-refractivity contribution in [3.8, 4) is 5.88 Å². The summed E-state index contributed by atoms with van der Waals surface area (Å²) in [7, 11) is -1.55. The van der Waals surface area contributed by atoms with Crippen LogP contribution in [0.2, 0.25) is 0 Å². The lowest BCUT2D eigenvalue weighted by Gasteiger charge is -2.21. The molecule has 0 radical (unpaired) electrons. The van der Waals surface area contributed by atoms with E-state index >= 15 is 0 Å². The fourth-order valence-electron chi connectivity index (χ4n) is 0.975. The van der Waals surface area contributed by atoms with Gasteiger partial charge in [0.15, 0.2) is 0 Å². The van der Waals surface area contributed by atoms with Gasteiger partial charge in [0.25, 0.3) is 0 Å². The van der Waals surface area contributed by atoms with Gasteiger partial charge in [-0.2, -0.15) is 0 Å². The number of hydrogen-bond donors (Lipinski definition) is 2. The van der Waals surface area contributed by atoms with E-state index in [1.54, 1.807) is 18.3 Å². The van der Waals surface area contributed by atoms with Gasteiger partial charge < -0.3 is 14.8 Å². The van der Waals surface area contributed by atoms with Crippen molar-refractivity contribution in [2.75, 3.05) is 0 Å². The van der Waals surface area contributed by atoms with Crippen LogP contribution < -0.4 is 10.2 Å². The van der Waals surface area contributed by atoms with Crippen molar-refractivity contribution in [1.82, 2.24) is 4.98 Å². The molecule has 0 aliphatic heterocycles. The fraction of sp³-hybridized carbons (Fsp3) is 0.444. The molecule has 0 saturated heterocycles. The van der Waals surface area contributed by atoms with Crippen molar-refractivity contribution in [2.45, 2.75) is 26.4 Å². The minimum absolute atomic E-state index is 0.259. The molecule has 14 heavy (non-hydrogen) atoms. The highest BCUT2D eigenvalue weighted by Crippen LogP contribution is 2.12. The Balaban J connectivity index is 2.96. The van der Waals surface area contributed by atoms with Crippen LogP contribution >= 0.6 is 0 Å². The van der Waals surface area contributed by atoms with Crippen LogP contribution in [0.4, 0.5) is 0 Å². The van der Waals surface area contributed by atoms with Crippen LogP contribution in [-0.4, -0.2) is 27.8 Å². The molecule has 0 aliphatic rings. The van der Waals surface area contributed by atoms with Crippen molar-refractivity contribution in [1.29, 1.82) is 0 Å². The van der Waals surface area contributed by atoms with E-state index in [1.165, 1.54) is 0 Å². The summed E-state index contributed by atoms with van der Waals surface area (Å²) < 4.78 is 5.46. The minimum Gasteiger partial charge on any atom is -0.472 e. The first-order valence-electron chi connectivity index (χ1n) is 4.40. The lowest BCUT2D eigenvalue weighted by molar-refractivity contribution is 0.125. The van der Waals surface area contributed by atoms with Gasteiger partial charge in [0.2, 0.25) is 5.88 Å². The molecule has 1 aromatic heterocycles. The summed E-state index contributed by atoms with van der Waals surface area (Å²) in [5, 5.41) is 18.1. The molecule has 4 nitrogen and oxygen atoms in total. The van der Waals surface area contributed by atoms with E-state index in [4.69, 9.17) is 14.8 Å². The molecule has 0 spiro atoms. The second-order valence-electron chi connectivity index (χ2n) is 3.99. The fourth-order valence-corrected chi connectivity index (χ4v) is 0.975. The van der Waals surface area contributed by atoms with Gasteiger partial charge in [0.1, 0.15) is 5.60 Å². The maximum Gasteiger partial charge on any atom is 0.494 e. The molecule has 0 atom stereocenters. The zero-order valence-corrected chi connectivity index (χ0v) is 8.56. The monoisotopic (exact) mass is 195 g/mol. The molecule has 0 fully saturated rings. The van der Waals surface area contributed by atoms with Crippen LogP contribution in [0.1, 0.15) is 20.8 Å². The topological polar surface area (TPSA) is 62.6 Å². The maximum absolute atomic E-state index is 9.04. The number of hydrogen-bond acceptors (Lipinski definition) is 4. The van der Waals surface area contributed by atoms with Gasteiger partial charge in [-0.25, -0.2) is 4.98 Å². The standard InChI is InChI=1S/C9H14BNO3/c1-9(2,3)14-8-7(10(12)13)5-4-6-11-8/h4-6,12-13H,1-3H3. The largest absolute Gasteiger partial charge is 0.494 e. The summed E-state index contributed by atoms with van der Waals surface area (Å²) in [6.45, 7) is 5.61. The Bertz CT molecular complexity index is 309. The van der Waals surface area contributed by atoms with Crippen molar-refractivity contribution in [3.63, 3.8) is 0 Å². The number of pyridine rings is 1. The Morgan fingerprint density at radius 2 is 2.00 bits per heavy atom. The van der Waals surface area contributed by atoms with Crippen molar-refractivity contribution < 1.29 is 14.8 Å². The molecule has 0 saturated carbocycles. The Hall–Kier alpha value is -1.07. The summed E-state index contributed by atoms with van der Waals surface area (Å²) in [6, 6.07) is 3.20. The molecule has 0 unspecified atom stereocenters. The van der Waals surface area contributed by atoms with Crippen molar-refractivity contribution in [2.24, 2.45) is 0 Å². The third kappa shape index (κ3) is 3.01. The van der Waals surface area contributed by atoms with Gasteiger partial charge in [0.05, 0.1) is 0 Å². The predicted octanol–water partition coefficient (Wildman–Crippen LogP) is -0.0613. The van der Waals surface area contributed by atoms with E-state index in [1.807, 2.05) is 20.8 Å². The third-order valence-electron chi connectivity index (χ3n) is 1.48. The zero-order chi connectivity index (χ0) is 10.8. The highest BCUT2D eigenvalue weighted by Gasteiger charge is 2.21. The number of aromatic nitrogens is 1. The van der Waals surface area contributed by atoms with Crippen molar-refractivity contribution >= 4 is 12.6 Å². The van der Waals surface area contributed by atoms with E-state index in [2.05, 4.69) is 4.98 Å². The molecule has 5 heteroatoms. The van der Waals surface area contributed by atoms with Crippen LogP contribution in [0.15, 0.2) is 18.3 Å². The Kier molecular flexibility index (Phi) is 3.13. The average Bonchev–Trinajstić information content (AvgIpc) is 2.01. The van der Waals surface area contributed by atoms with Gasteiger partial charge in [0, 0.05) is 11.7 Å². The second-order valence-corrected chi connectivity index (χ2v) is 3.99. The molecular formula is C9H14BNO3. The quantitative estimate of drug-likeness (QED) is 0.649. The van der Waals surface area contributed by atoms with Gasteiger partial charge in [-0.05, 0) is 26.8 Å². The summed E-state index contributed by atoms with van der Waals surface area (Å²) in [5.41, 5.74) is -0.125. The van der Waals surface area contributed by atoms with E-state index < -0.39 is 12.7 Å². The highest BCUT2D eigenvalue weighted by atomic mass is 16.5. The molecule has 0 amide bonds. The first kappa shape index (κ1) is 11.0. The normalized spacial score (nSPS) is 11.2.